The van der Waals surface area contributed by atoms with E-state index in [1.807, 2.05) is 0 Å². The second kappa shape index (κ2) is 6.88. The number of hydrogen-bond donors (Lipinski definition) is 1. The molecule has 0 saturated heterocycles. The highest BCUT2D eigenvalue weighted by Gasteiger charge is 2.19. The molecule has 120 valence electrons. The highest BCUT2D eigenvalue weighted by Crippen LogP contribution is 2.19. The van der Waals surface area contributed by atoms with E-state index in [0.717, 1.165) is 18.2 Å². The molecule has 0 aliphatic rings. The van der Waals surface area contributed by atoms with Crippen LogP contribution >= 0.6 is 11.6 Å². The molecule has 2 aromatic rings. The van der Waals surface area contributed by atoms with Gasteiger partial charge < -0.3 is 14.5 Å². The molecule has 8 nitrogen and oxygen atoms in total. The largest absolute Gasteiger partial charge is 0.450 e. The van der Waals surface area contributed by atoms with Crippen LogP contribution in [0.15, 0.2) is 34.7 Å². The number of nitrogens with zero attached hydrogens (tertiary/aromatic N) is 1. The Bertz CT molecular complexity index is 776. The maximum Gasteiger partial charge on any atom is 0.433 e. The number of amides is 1. The van der Waals surface area contributed by atoms with Crippen LogP contribution in [0.4, 0.5) is 16.0 Å². The summed E-state index contributed by atoms with van der Waals surface area (Å²) in [6, 6.07) is 5.56. The number of hydrogen-bond acceptors (Lipinski definition) is 6. The first-order valence-electron chi connectivity index (χ1n) is 6.03. The van der Waals surface area contributed by atoms with Gasteiger partial charge >= 0.3 is 11.9 Å². The fourth-order valence-electron chi connectivity index (χ4n) is 1.51. The van der Waals surface area contributed by atoms with Crippen LogP contribution < -0.4 is 5.32 Å². The van der Waals surface area contributed by atoms with Gasteiger partial charge in [-0.15, -0.1) is 0 Å². The van der Waals surface area contributed by atoms with Crippen molar-refractivity contribution in [2.24, 2.45) is 0 Å². The molecule has 1 heterocycles. The minimum absolute atomic E-state index is 0.178. The number of esters is 1. The average molecular weight is 343 g/mol. The van der Waals surface area contributed by atoms with E-state index >= 15 is 0 Å². The molecule has 0 radical (unpaired) electrons. The minimum atomic E-state index is -1.04. The number of benzene rings is 1. The summed E-state index contributed by atoms with van der Waals surface area (Å²) in [5.74, 6) is -3.42. The van der Waals surface area contributed by atoms with Crippen LogP contribution in [-0.2, 0) is 9.53 Å². The summed E-state index contributed by atoms with van der Waals surface area (Å²) in [5.41, 5.74) is 0.214. The van der Waals surface area contributed by atoms with Crippen LogP contribution in [0.25, 0.3) is 0 Å². The highest BCUT2D eigenvalue weighted by molar-refractivity contribution is 6.31. The second-order valence-corrected chi connectivity index (χ2v) is 4.56. The summed E-state index contributed by atoms with van der Waals surface area (Å²) >= 11 is 5.55. The van der Waals surface area contributed by atoms with Crippen molar-refractivity contribution in [1.82, 2.24) is 0 Å². The lowest BCUT2D eigenvalue weighted by Gasteiger charge is -2.06. The summed E-state index contributed by atoms with van der Waals surface area (Å²) in [6.07, 6.45) is 0. The molecule has 0 saturated carbocycles. The van der Waals surface area contributed by atoms with Crippen LogP contribution in [0.5, 0.6) is 0 Å². The van der Waals surface area contributed by atoms with Crippen LogP contribution in [0, 0.1) is 15.9 Å². The van der Waals surface area contributed by atoms with Gasteiger partial charge in [-0.1, -0.05) is 11.6 Å². The molecule has 10 heteroatoms. The molecular weight excluding hydrogens is 335 g/mol. The molecule has 0 unspecified atom stereocenters. The number of nitro groups is 1. The summed E-state index contributed by atoms with van der Waals surface area (Å²) < 4.78 is 22.2. The second-order valence-electron chi connectivity index (χ2n) is 4.15. The lowest BCUT2D eigenvalue weighted by molar-refractivity contribution is -0.402. The Morgan fingerprint density at radius 1 is 1.35 bits per heavy atom. The van der Waals surface area contributed by atoms with Crippen molar-refractivity contribution >= 4 is 35.0 Å². The molecule has 2 rings (SSSR count). The van der Waals surface area contributed by atoms with Gasteiger partial charge in [0.15, 0.2) is 6.61 Å². The van der Waals surface area contributed by atoms with Gasteiger partial charge in [-0.05, 0) is 24.3 Å². The first-order valence-corrected chi connectivity index (χ1v) is 6.41. The molecule has 23 heavy (non-hydrogen) atoms. The van der Waals surface area contributed by atoms with Gasteiger partial charge in [0, 0.05) is 5.69 Å². The maximum atomic E-state index is 13.0. The van der Waals surface area contributed by atoms with Crippen molar-refractivity contribution in [3.8, 4) is 0 Å². The van der Waals surface area contributed by atoms with E-state index in [1.165, 1.54) is 12.1 Å². The van der Waals surface area contributed by atoms with Crippen molar-refractivity contribution in [3.05, 3.63) is 57.0 Å². The summed E-state index contributed by atoms with van der Waals surface area (Å²) in [6.45, 7) is -0.664. The number of rotatable bonds is 5. The van der Waals surface area contributed by atoms with Crippen LogP contribution in [0.1, 0.15) is 10.6 Å². The number of nitrogens with one attached hydrogen (secondary N) is 1. The standard InChI is InChI=1S/C13H8ClFN2O6/c14-8-5-7(1-2-9(8)15)16-11(18)6-22-13(19)10-3-4-12(23-10)17(20)21/h1-5H,6H2,(H,16,18). The third-order valence-electron chi connectivity index (χ3n) is 2.51. The zero-order valence-electron chi connectivity index (χ0n) is 11.2. The van der Waals surface area contributed by atoms with Crippen molar-refractivity contribution in [3.63, 3.8) is 0 Å². The lowest BCUT2D eigenvalue weighted by Crippen LogP contribution is -2.20. The predicted octanol–water partition coefficient (Wildman–Crippen LogP) is 2.78. The van der Waals surface area contributed by atoms with Gasteiger partial charge in [-0.25, -0.2) is 9.18 Å². The van der Waals surface area contributed by atoms with Crippen molar-refractivity contribution in [2.75, 3.05) is 11.9 Å². The van der Waals surface area contributed by atoms with Gasteiger partial charge in [-0.2, -0.15) is 0 Å². The van der Waals surface area contributed by atoms with E-state index in [9.17, 15) is 24.1 Å². The third-order valence-corrected chi connectivity index (χ3v) is 2.80. The number of carbonyl (C=O) groups is 2. The minimum Gasteiger partial charge on any atom is -0.450 e. The molecule has 0 fully saturated rings. The van der Waals surface area contributed by atoms with Gasteiger partial charge in [-0.3, -0.25) is 14.9 Å². The Morgan fingerprint density at radius 3 is 2.70 bits per heavy atom. The number of anilines is 1. The fraction of sp³-hybridized carbons (Fsp3) is 0.0769. The Labute approximate surface area is 132 Å². The van der Waals surface area contributed by atoms with E-state index in [-0.39, 0.29) is 10.7 Å². The summed E-state index contributed by atoms with van der Waals surface area (Å²) in [7, 11) is 0. The van der Waals surface area contributed by atoms with Crippen molar-refractivity contribution in [1.29, 1.82) is 0 Å². The molecule has 0 spiro atoms. The van der Waals surface area contributed by atoms with Crippen molar-refractivity contribution < 1.29 is 28.1 Å². The van der Waals surface area contributed by atoms with Gasteiger partial charge in [0.05, 0.1) is 11.1 Å². The zero-order chi connectivity index (χ0) is 17.0. The maximum absolute atomic E-state index is 13.0. The topological polar surface area (TPSA) is 112 Å². The third kappa shape index (κ3) is 4.27. The summed E-state index contributed by atoms with van der Waals surface area (Å²) in [4.78, 5) is 32.7. The fourth-order valence-corrected chi connectivity index (χ4v) is 1.69. The molecule has 1 N–H and O–H groups in total. The number of carbonyl (C=O) groups excluding carboxylic acids is 2. The smallest absolute Gasteiger partial charge is 0.433 e. The molecule has 1 aromatic carbocycles. The highest BCUT2D eigenvalue weighted by atomic mass is 35.5. The molecule has 1 amide bonds. The molecule has 0 aliphatic carbocycles. The van der Waals surface area contributed by atoms with Gasteiger partial charge in [0.25, 0.3) is 5.91 Å². The van der Waals surface area contributed by atoms with E-state index in [4.69, 9.17) is 11.6 Å². The van der Waals surface area contributed by atoms with Crippen LogP contribution in [0.2, 0.25) is 5.02 Å². The van der Waals surface area contributed by atoms with E-state index in [0.29, 0.717) is 0 Å². The monoisotopic (exact) mass is 342 g/mol. The predicted molar refractivity (Wildman–Crippen MR) is 75.7 cm³/mol. The lowest BCUT2D eigenvalue weighted by atomic mass is 10.3. The Hall–Kier alpha value is -2.94. The normalized spacial score (nSPS) is 10.2. The molecule has 1 aromatic heterocycles. The SMILES string of the molecule is O=C(COC(=O)c1ccc([N+](=O)[O-])o1)Nc1ccc(F)c(Cl)c1. The van der Waals surface area contributed by atoms with Gasteiger partial charge in [0.1, 0.15) is 10.7 Å². The number of furan rings is 1. The quantitative estimate of drug-likeness (QED) is 0.508. The Kier molecular flexibility index (Phi) is 4.91. The molecule has 0 aliphatic heterocycles. The van der Waals surface area contributed by atoms with Crippen molar-refractivity contribution in [2.45, 2.75) is 0 Å². The van der Waals surface area contributed by atoms with E-state index in [1.54, 1.807) is 0 Å². The zero-order valence-corrected chi connectivity index (χ0v) is 12.0. The number of ether oxygens (including phenoxy) is 1. The van der Waals surface area contributed by atoms with E-state index in [2.05, 4.69) is 14.5 Å². The summed E-state index contributed by atoms with van der Waals surface area (Å²) in [5, 5.41) is 12.6. The molecule has 0 atom stereocenters. The molecule has 0 bridgehead atoms. The first kappa shape index (κ1) is 16.4. The Morgan fingerprint density at radius 2 is 2.09 bits per heavy atom. The van der Waals surface area contributed by atoms with Gasteiger partial charge in [0.2, 0.25) is 5.76 Å². The Balaban J connectivity index is 1.89. The van der Waals surface area contributed by atoms with E-state index < -0.39 is 40.9 Å². The molecular formula is C13H8ClFN2O6. The number of halogens is 2. The first-order chi connectivity index (χ1) is 10.9. The van der Waals surface area contributed by atoms with Crippen LogP contribution in [0.3, 0.4) is 0 Å². The average Bonchev–Trinajstić information content (AvgIpc) is 2.99. The van der Waals surface area contributed by atoms with Crippen LogP contribution in [-0.4, -0.2) is 23.4 Å².